The number of rotatable bonds is 3. The molecule has 0 aliphatic carbocycles. The third kappa shape index (κ3) is 2.82. The first-order valence-electron chi connectivity index (χ1n) is 3.12. The van der Waals surface area contributed by atoms with Gasteiger partial charge in [-0.25, -0.2) is 0 Å². The van der Waals surface area contributed by atoms with Gasteiger partial charge in [-0.3, -0.25) is 0 Å². The standard InChI is InChI=1S/C6H11NO4/c1-3(8)5(10)6(11)4(9)2-7/h3-6,8-11H,1H3/t3-,4-,5+,6-/m1/s1. The molecule has 0 aliphatic rings. The Balaban J connectivity index is 4.03. The van der Waals surface area contributed by atoms with Gasteiger partial charge in [-0.05, 0) is 6.92 Å². The first-order chi connectivity index (χ1) is 5.00. The highest BCUT2D eigenvalue weighted by Gasteiger charge is 2.27. The van der Waals surface area contributed by atoms with E-state index in [0.717, 1.165) is 0 Å². The Morgan fingerprint density at radius 1 is 1.09 bits per heavy atom. The third-order valence-electron chi connectivity index (χ3n) is 1.30. The summed E-state index contributed by atoms with van der Waals surface area (Å²) in [5.41, 5.74) is 0. The predicted molar refractivity (Wildman–Crippen MR) is 35.3 cm³/mol. The number of nitrogens with zero attached hydrogens (tertiary/aromatic N) is 1. The second-order valence-electron chi connectivity index (χ2n) is 2.30. The second kappa shape index (κ2) is 4.26. The van der Waals surface area contributed by atoms with E-state index in [0.29, 0.717) is 0 Å². The third-order valence-corrected chi connectivity index (χ3v) is 1.30. The summed E-state index contributed by atoms with van der Waals surface area (Å²) in [6.07, 6.45) is -5.96. The molecule has 0 heterocycles. The molecule has 0 aliphatic heterocycles. The van der Waals surface area contributed by atoms with Crippen molar-refractivity contribution >= 4 is 0 Å². The Morgan fingerprint density at radius 3 is 1.82 bits per heavy atom. The van der Waals surface area contributed by atoms with Crippen LogP contribution in [0.25, 0.3) is 0 Å². The monoisotopic (exact) mass is 161 g/mol. The molecule has 0 fully saturated rings. The highest BCUT2D eigenvalue weighted by molar-refractivity contribution is 4.92. The summed E-state index contributed by atoms with van der Waals surface area (Å²) in [5, 5.41) is 43.2. The van der Waals surface area contributed by atoms with Crippen LogP contribution in [0.3, 0.4) is 0 Å². The summed E-state index contributed by atoms with van der Waals surface area (Å²) in [6, 6.07) is 1.33. The van der Waals surface area contributed by atoms with Gasteiger partial charge in [-0.15, -0.1) is 0 Å². The van der Waals surface area contributed by atoms with Crippen molar-refractivity contribution in [2.45, 2.75) is 31.3 Å². The van der Waals surface area contributed by atoms with Crippen LogP contribution in [0, 0.1) is 11.3 Å². The number of aliphatic hydroxyl groups excluding tert-OH is 4. The van der Waals surface area contributed by atoms with Gasteiger partial charge >= 0.3 is 0 Å². The van der Waals surface area contributed by atoms with Crippen LogP contribution in [-0.2, 0) is 0 Å². The molecule has 0 bridgehead atoms. The topological polar surface area (TPSA) is 105 Å². The average molecular weight is 161 g/mol. The largest absolute Gasteiger partial charge is 0.391 e. The van der Waals surface area contributed by atoms with Gasteiger partial charge in [-0.2, -0.15) is 5.26 Å². The quantitative estimate of drug-likeness (QED) is 0.357. The van der Waals surface area contributed by atoms with Crippen molar-refractivity contribution in [3.8, 4) is 6.07 Å². The number of aliphatic hydroxyl groups is 4. The van der Waals surface area contributed by atoms with Crippen molar-refractivity contribution in [1.82, 2.24) is 0 Å². The van der Waals surface area contributed by atoms with Gasteiger partial charge in [0.25, 0.3) is 0 Å². The van der Waals surface area contributed by atoms with Crippen molar-refractivity contribution < 1.29 is 20.4 Å². The van der Waals surface area contributed by atoms with Gasteiger partial charge in [0, 0.05) is 0 Å². The summed E-state index contributed by atoms with van der Waals surface area (Å²) in [7, 11) is 0. The molecular weight excluding hydrogens is 150 g/mol. The van der Waals surface area contributed by atoms with Gasteiger partial charge in [0.2, 0.25) is 0 Å². The first-order valence-corrected chi connectivity index (χ1v) is 3.12. The summed E-state index contributed by atoms with van der Waals surface area (Å²) >= 11 is 0. The molecule has 0 radical (unpaired) electrons. The number of hydrogen-bond acceptors (Lipinski definition) is 5. The van der Waals surface area contributed by atoms with E-state index in [9.17, 15) is 0 Å². The minimum absolute atomic E-state index is 1.17. The van der Waals surface area contributed by atoms with Crippen LogP contribution in [-0.4, -0.2) is 44.8 Å². The number of nitriles is 1. The summed E-state index contributed by atoms with van der Waals surface area (Å²) in [4.78, 5) is 0. The second-order valence-corrected chi connectivity index (χ2v) is 2.30. The molecule has 0 aromatic heterocycles. The van der Waals surface area contributed by atoms with Gasteiger partial charge < -0.3 is 20.4 Å². The Bertz CT molecular complexity index is 153. The molecule has 0 aromatic carbocycles. The maximum absolute atomic E-state index is 8.89. The first kappa shape index (κ1) is 10.3. The fourth-order valence-corrected chi connectivity index (χ4v) is 0.548. The number of hydrogen-bond donors (Lipinski definition) is 4. The minimum atomic E-state index is -1.67. The highest BCUT2D eigenvalue weighted by Crippen LogP contribution is 2.03. The van der Waals surface area contributed by atoms with Crippen LogP contribution in [0.4, 0.5) is 0 Å². The Kier molecular flexibility index (Phi) is 4.00. The van der Waals surface area contributed by atoms with E-state index in [4.69, 9.17) is 25.7 Å². The van der Waals surface area contributed by atoms with E-state index >= 15 is 0 Å². The fraction of sp³-hybridized carbons (Fsp3) is 0.833. The van der Waals surface area contributed by atoms with Crippen LogP contribution < -0.4 is 0 Å². The average Bonchev–Trinajstić information content (AvgIpc) is 2.00. The van der Waals surface area contributed by atoms with Crippen molar-refractivity contribution in [3.05, 3.63) is 0 Å². The van der Waals surface area contributed by atoms with E-state index in [1.807, 2.05) is 0 Å². The molecule has 64 valence electrons. The molecule has 5 heteroatoms. The Hall–Kier alpha value is -0.670. The van der Waals surface area contributed by atoms with Crippen LogP contribution in [0.1, 0.15) is 6.92 Å². The molecular formula is C6H11NO4. The van der Waals surface area contributed by atoms with Crippen molar-refractivity contribution in [1.29, 1.82) is 5.26 Å². The molecule has 5 nitrogen and oxygen atoms in total. The van der Waals surface area contributed by atoms with E-state index in [1.54, 1.807) is 0 Å². The van der Waals surface area contributed by atoms with Crippen molar-refractivity contribution in [2.75, 3.05) is 0 Å². The molecule has 0 rings (SSSR count). The molecule has 0 spiro atoms. The van der Waals surface area contributed by atoms with Crippen LogP contribution >= 0.6 is 0 Å². The van der Waals surface area contributed by atoms with Gasteiger partial charge in [0.15, 0.2) is 6.10 Å². The molecule has 0 aromatic rings. The van der Waals surface area contributed by atoms with E-state index < -0.39 is 24.4 Å². The maximum atomic E-state index is 8.89. The molecule has 0 saturated heterocycles. The molecule has 0 unspecified atom stereocenters. The lowest BCUT2D eigenvalue weighted by atomic mass is 10.1. The highest BCUT2D eigenvalue weighted by atomic mass is 16.4. The molecule has 11 heavy (non-hydrogen) atoms. The van der Waals surface area contributed by atoms with Crippen molar-refractivity contribution in [3.63, 3.8) is 0 Å². The lowest BCUT2D eigenvalue weighted by Crippen LogP contribution is -2.42. The van der Waals surface area contributed by atoms with Crippen LogP contribution in [0.5, 0.6) is 0 Å². The smallest absolute Gasteiger partial charge is 0.168 e. The fourth-order valence-electron chi connectivity index (χ4n) is 0.548. The molecule has 0 saturated carbocycles. The van der Waals surface area contributed by atoms with E-state index in [2.05, 4.69) is 0 Å². The van der Waals surface area contributed by atoms with Gasteiger partial charge in [-0.1, -0.05) is 0 Å². The predicted octanol–water partition coefficient (Wildman–Crippen LogP) is -2.03. The molecule has 4 N–H and O–H groups in total. The summed E-state index contributed by atoms with van der Waals surface area (Å²) in [6.45, 7) is 1.25. The lowest BCUT2D eigenvalue weighted by Gasteiger charge is -2.20. The minimum Gasteiger partial charge on any atom is -0.391 e. The zero-order valence-electron chi connectivity index (χ0n) is 6.05. The van der Waals surface area contributed by atoms with E-state index in [1.165, 1.54) is 13.0 Å². The van der Waals surface area contributed by atoms with Gasteiger partial charge in [0.05, 0.1) is 12.2 Å². The Labute approximate surface area is 64.1 Å². The Morgan fingerprint density at radius 2 is 1.55 bits per heavy atom. The van der Waals surface area contributed by atoms with Crippen molar-refractivity contribution in [2.24, 2.45) is 0 Å². The van der Waals surface area contributed by atoms with Crippen LogP contribution in [0.15, 0.2) is 0 Å². The zero-order chi connectivity index (χ0) is 9.02. The SMILES string of the molecule is C[C@@H](O)[C@H](O)[C@H](O)[C@H](O)C#N. The lowest BCUT2D eigenvalue weighted by molar-refractivity contribution is -0.0858. The molecule has 0 amide bonds. The van der Waals surface area contributed by atoms with Gasteiger partial charge in [0.1, 0.15) is 12.2 Å². The zero-order valence-corrected chi connectivity index (χ0v) is 6.05. The summed E-state index contributed by atoms with van der Waals surface area (Å²) in [5.74, 6) is 0. The molecule has 4 atom stereocenters. The normalized spacial score (nSPS) is 21.5. The maximum Gasteiger partial charge on any atom is 0.168 e. The summed E-state index contributed by atoms with van der Waals surface area (Å²) < 4.78 is 0. The van der Waals surface area contributed by atoms with Crippen LogP contribution in [0.2, 0.25) is 0 Å². The van der Waals surface area contributed by atoms with E-state index in [-0.39, 0.29) is 0 Å².